The van der Waals surface area contributed by atoms with Crippen LogP contribution in [0, 0.1) is 12.7 Å². The third kappa shape index (κ3) is 6.31. The molecule has 1 fully saturated rings. The normalized spacial score (nSPS) is 15.1. The highest BCUT2D eigenvalue weighted by Crippen LogP contribution is 2.29. The number of halogens is 1. The Hall–Kier alpha value is -4.25. The van der Waals surface area contributed by atoms with Crippen molar-refractivity contribution >= 4 is 17.7 Å². The summed E-state index contributed by atoms with van der Waals surface area (Å²) in [5.41, 5.74) is 3.58. The first-order chi connectivity index (χ1) is 17.7. The van der Waals surface area contributed by atoms with Gasteiger partial charge in [0.2, 0.25) is 11.8 Å². The van der Waals surface area contributed by atoms with Crippen LogP contribution in [0.3, 0.4) is 0 Å². The molecule has 1 saturated heterocycles. The van der Waals surface area contributed by atoms with Crippen LogP contribution in [0.5, 0.6) is 11.9 Å². The van der Waals surface area contributed by atoms with E-state index in [9.17, 15) is 24.2 Å². The SMILES string of the molecule is CC(=O)NC[C@H]1CN(c2ccc(-c3ccc(CNCCc4c(C)nc(O)nc4O)cc3)c(F)c2)C(=O)O1. The van der Waals surface area contributed by atoms with E-state index in [0.717, 1.165) is 5.56 Å². The second-order valence-electron chi connectivity index (χ2n) is 8.75. The lowest BCUT2D eigenvalue weighted by atomic mass is 10.0. The maximum absolute atomic E-state index is 15.0. The number of benzene rings is 2. The van der Waals surface area contributed by atoms with Crippen LogP contribution in [0.2, 0.25) is 0 Å². The molecule has 37 heavy (non-hydrogen) atoms. The molecule has 1 aromatic heterocycles. The minimum Gasteiger partial charge on any atom is -0.493 e. The van der Waals surface area contributed by atoms with Crippen molar-refractivity contribution in [3.63, 3.8) is 0 Å². The van der Waals surface area contributed by atoms with Crippen LogP contribution in [-0.2, 0) is 22.5 Å². The van der Waals surface area contributed by atoms with Gasteiger partial charge in [-0.05, 0) is 49.2 Å². The molecule has 2 heterocycles. The van der Waals surface area contributed by atoms with Gasteiger partial charge < -0.3 is 25.6 Å². The third-order valence-electron chi connectivity index (χ3n) is 6.04. The second kappa shape index (κ2) is 11.2. The number of carbonyl (C=O) groups is 2. The molecule has 0 saturated carbocycles. The molecule has 4 rings (SSSR count). The molecular weight excluding hydrogens is 481 g/mol. The van der Waals surface area contributed by atoms with E-state index in [0.29, 0.717) is 47.6 Å². The number of aromatic nitrogens is 2. The van der Waals surface area contributed by atoms with Gasteiger partial charge >= 0.3 is 12.1 Å². The predicted molar refractivity (Wildman–Crippen MR) is 134 cm³/mol. The Labute approximate surface area is 213 Å². The molecule has 2 aromatic carbocycles. The lowest BCUT2D eigenvalue weighted by Crippen LogP contribution is -2.33. The summed E-state index contributed by atoms with van der Waals surface area (Å²) in [7, 11) is 0. The van der Waals surface area contributed by atoms with Crippen LogP contribution in [0.15, 0.2) is 42.5 Å². The average molecular weight is 510 g/mol. The van der Waals surface area contributed by atoms with Crippen LogP contribution in [0.1, 0.15) is 23.7 Å². The lowest BCUT2D eigenvalue weighted by molar-refractivity contribution is -0.119. The summed E-state index contributed by atoms with van der Waals surface area (Å²) in [4.78, 5) is 32.1. The number of nitrogens with zero attached hydrogens (tertiary/aromatic N) is 3. The summed E-state index contributed by atoms with van der Waals surface area (Å²) in [5.74, 6) is -0.908. The number of aryl methyl sites for hydroxylation is 1. The Morgan fingerprint density at radius 1 is 1.19 bits per heavy atom. The van der Waals surface area contributed by atoms with Crippen molar-refractivity contribution in [2.24, 2.45) is 0 Å². The number of carbonyl (C=O) groups excluding carboxylic acids is 2. The van der Waals surface area contributed by atoms with E-state index in [1.807, 2.05) is 24.3 Å². The Kier molecular flexibility index (Phi) is 7.83. The molecule has 1 aliphatic heterocycles. The molecule has 10 nitrogen and oxygen atoms in total. The molecule has 0 unspecified atom stereocenters. The van der Waals surface area contributed by atoms with Gasteiger partial charge in [0.15, 0.2) is 0 Å². The van der Waals surface area contributed by atoms with Crippen LogP contribution >= 0.6 is 0 Å². The van der Waals surface area contributed by atoms with Gasteiger partial charge in [0.1, 0.15) is 11.9 Å². The minimum absolute atomic E-state index is 0.201. The average Bonchev–Trinajstić information content (AvgIpc) is 3.22. The van der Waals surface area contributed by atoms with E-state index < -0.39 is 24.0 Å². The maximum Gasteiger partial charge on any atom is 0.414 e. The molecule has 0 radical (unpaired) electrons. The van der Waals surface area contributed by atoms with Crippen LogP contribution in [0.25, 0.3) is 11.1 Å². The third-order valence-corrected chi connectivity index (χ3v) is 6.04. The summed E-state index contributed by atoms with van der Waals surface area (Å²) in [6.07, 6.45) is -0.585. The molecule has 0 aliphatic carbocycles. The van der Waals surface area contributed by atoms with E-state index in [-0.39, 0.29) is 24.9 Å². The van der Waals surface area contributed by atoms with Crippen molar-refractivity contribution < 1.29 is 28.9 Å². The van der Waals surface area contributed by atoms with E-state index in [2.05, 4.69) is 20.6 Å². The fraction of sp³-hybridized carbons (Fsp3) is 0.308. The van der Waals surface area contributed by atoms with Gasteiger partial charge in [-0.1, -0.05) is 24.3 Å². The molecule has 0 bridgehead atoms. The number of ether oxygens (including phenoxy) is 1. The van der Waals surface area contributed by atoms with Crippen molar-refractivity contribution in [2.45, 2.75) is 32.9 Å². The lowest BCUT2D eigenvalue weighted by Gasteiger charge is -2.15. The quantitative estimate of drug-likeness (QED) is 0.323. The highest BCUT2D eigenvalue weighted by molar-refractivity contribution is 5.90. The fourth-order valence-electron chi connectivity index (χ4n) is 4.11. The van der Waals surface area contributed by atoms with E-state index in [1.165, 1.54) is 17.9 Å². The van der Waals surface area contributed by atoms with Crippen molar-refractivity contribution in [1.29, 1.82) is 0 Å². The van der Waals surface area contributed by atoms with Gasteiger partial charge in [-0.2, -0.15) is 4.98 Å². The topological polar surface area (TPSA) is 137 Å². The van der Waals surface area contributed by atoms with Crippen molar-refractivity contribution in [2.75, 3.05) is 24.5 Å². The molecule has 0 spiro atoms. The smallest absolute Gasteiger partial charge is 0.414 e. The number of aromatic hydroxyl groups is 2. The Morgan fingerprint density at radius 2 is 1.95 bits per heavy atom. The first-order valence-electron chi connectivity index (χ1n) is 11.8. The molecule has 194 valence electrons. The number of amides is 2. The van der Waals surface area contributed by atoms with E-state index >= 15 is 0 Å². The van der Waals surface area contributed by atoms with Crippen molar-refractivity contribution in [3.8, 4) is 23.0 Å². The first-order valence-corrected chi connectivity index (χ1v) is 11.8. The number of rotatable bonds is 9. The van der Waals surface area contributed by atoms with E-state index in [1.54, 1.807) is 19.1 Å². The zero-order valence-corrected chi connectivity index (χ0v) is 20.5. The number of hydrogen-bond donors (Lipinski definition) is 4. The zero-order valence-electron chi connectivity index (χ0n) is 20.5. The molecule has 2 amide bonds. The van der Waals surface area contributed by atoms with Gasteiger partial charge in [-0.15, -0.1) is 0 Å². The monoisotopic (exact) mass is 509 g/mol. The maximum atomic E-state index is 15.0. The summed E-state index contributed by atoms with van der Waals surface area (Å²) in [5, 5.41) is 25.1. The first kappa shape index (κ1) is 25.8. The fourth-order valence-corrected chi connectivity index (χ4v) is 4.11. The summed E-state index contributed by atoms with van der Waals surface area (Å²) >= 11 is 0. The number of nitrogens with one attached hydrogen (secondary N) is 2. The molecule has 1 atom stereocenters. The Balaban J connectivity index is 1.33. The molecule has 11 heteroatoms. The number of anilines is 1. The van der Waals surface area contributed by atoms with Gasteiger partial charge in [0, 0.05) is 24.6 Å². The van der Waals surface area contributed by atoms with Crippen LogP contribution < -0.4 is 15.5 Å². The van der Waals surface area contributed by atoms with Crippen molar-refractivity contribution in [1.82, 2.24) is 20.6 Å². The van der Waals surface area contributed by atoms with E-state index in [4.69, 9.17) is 4.74 Å². The largest absolute Gasteiger partial charge is 0.493 e. The molecule has 1 aliphatic rings. The minimum atomic E-state index is -0.581. The molecular formula is C26H28FN5O5. The highest BCUT2D eigenvalue weighted by Gasteiger charge is 2.32. The standard InChI is InChI=1S/C26H28FN5O5/c1-15-21(24(34)31-25(35)30-15)9-10-28-12-17-3-5-18(6-4-17)22-8-7-19(11-23(22)27)32-14-20(37-26(32)36)13-29-16(2)33/h3-8,11,20,28H,9-10,12-14H2,1-2H3,(H,29,33)(H2,30,31,34,35)/t20-/m0/s1. The molecule has 4 N–H and O–H groups in total. The van der Waals surface area contributed by atoms with Gasteiger partial charge in [0.25, 0.3) is 0 Å². The van der Waals surface area contributed by atoms with Gasteiger partial charge in [0.05, 0.1) is 24.5 Å². The summed E-state index contributed by atoms with van der Waals surface area (Å²) in [6.45, 7) is 4.63. The highest BCUT2D eigenvalue weighted by atomic mass is 19.1. The second-order valence-corrected chi connectivity index (χ2v) is 8.75. The summed E-state index contributed by atoms with van der Waals surface area (Å²) < 4.78 is 20.2. The zero-order chi connectivity index (χ0) is 26.5. The van der Waals surface area contributed by atoms with Crippen LogP contribution in [0.4, 0.5) is 14.9 Å². The van der Waals surface area contributed by atoms with Crippen molar-refractivity contribution in [3.05, 3.63) is 65.1 Å². The van der Waals surface area contributed by atoms with Gasteiger partial charge in [-0.3, -0.25) is 9.69 Å². The molecule has 3 aromatic rings. The summed E-state index contributed by atoms with van der Waals surface area (Å²) in [6, 6.07) is 11.6. The Morgan fingerprint density at radius 3 is 2.62 bits per heavy atom. The van der Waals surface area contributed by atoms with Gasteiger partial charge in [-0.25, -0.2) is 14.2 Å². The Bertz CT molecular complexity index is 1280. The predicted octanol–water partition coefficient (Wildman–Crippen LogP) is 2.80. The van der Waals surface area contributed by atoms with Crippen LogP contribution in [-0.4, -0.2) is 57.9 Å². The number of hydrogen-bond acceptors (Lipinski definition) is 8. The number of cyclic esters (lactones) is 1.